The Bertz CT molecular complexity index is 1060. The van der Waals surface area contributed by atoms with Crippen molar-refractivity contribution in [2.45, 2.75) is 20.8 Å². The molecule has 10 heteroatoms. The van der Waals surface area contributed by atoms with Gasteiger partial charge in [0.25, 0.3) is 11.6 Å². The molecule has 1 heterocycles. The van der Waals surface area contributed by atoms with E-state index in [1.807, 2.05) is 25.7 Å². The summed E-state index contributed by atoms with van der Waals surface area (Å²) >= 11 is 12.5. The third kappa shape index (κ3) is 5.31. The van der Waals surface area contributed by atoms with E-state index >= 15 is 0 Å². The molecular weight excluding hydrogens is 455 g/mol. The van der Waals surface area contributed by atoms with Crippen molar-refractivity contribution in [2.24, 2.45) is 5.41 Å². The van der Waals surface area contributed by atoms with Crippen LogP contribution in [0.5, 0.6) is 0 Å². The maximum Gasteiger partial charge on any atom is 0.270 e. The Hall–Kier alpha value is -2.84. The number of nitro groups is 1. The summed E-state index contributed by atoms with van der Waals surface area (Å²) < 4.78 is 0. The molecular formula is C22H24Cl2N4O4. The lowest BCUT2D eigenvalue weighted by Crippen LogP contribution is -2.51. The lowest BCUT2D eigenvalue weighted by Gasteiger charge is -2.39. The summed E-state index contributed by atoms with van der Waals surface area (Å²) in [7, 11) is 0. The number of non-ortho nitro benzene ring substituents is 1. The Morgan fingerprint density at radius 2 is 1.66 bits per heavy atom. The average Bonchev–Trinajstić information content (AvgIpc) is 2.73. The number of piperazine rings is 1. The van der Waals surface area contributed by atoms with Crippen molar-refractivity contribution in [3.05, 3.63) is 62.1 Å². The number of nitrogens with zero attached hydrogens (tertiary/aromatic N) is 3. The fourth-order valence-corrected chi connectivity index (χ4v) is 3.97. The summed E-state index contributed by atoms with van der Waals surface area (Å²) in [6.07, 6.45) is 0. The molecule has 0 unspecified atom stereocenters. The van der Waals surface area contributed by atoms with Gasteiger partial charge in [0.1, 0.15) is 0 Å². The zero-order valence-corrected chi connectivity index (χ0v) is 19.5. The molecule has 0 saturated carbocycles. The number of amides is 2. The summed E-state index contributed by atoms with van der Waals surface area (Å²) in [6, 6.07) is 8.80. The van der Waals surface area contributed by atoms with Crippen molar-refractivity contribution in [1.29, 1.82) is 0 Å². The van der Waals surface area contributed by atoms with E-state index in [2.05, 4.69) is 10.2 Å². The van der Waals surface area contributed by atoms with E-state index in [1.165, 1.54) is 12.1 Å². The Kier molecular flexibility index (Phi) is 6.95. The van der Waals surface area contributed by atoms with Gasteiger partial charge in [0, 0.05) is 49.4 Å². The Morgan fingerprint density at radius 1 is 1.00 bits per heavy atom. The molecule has 1 aliphatic rings. The van der Waals surface area contributed by atoms with Gasteiger partial charge in [-0.25, -0.2) is 0 Å². The molecule has 1 N–H and O–H groups in total. The highest BCUT2D eigenvalue weighted by Crippen LogP contribution is 2.31. The third-order valence-corrected chi connectivity index (χ3v) is 5.79. The van der Waals surface area contributed by atoms with Crippen molar-refractivity contribution >= 4 is 52.1 Å². The number of benzene rings is 2. The minimum atomic E-state index is -0.590. The Labute approximate surface area is 196 Å². The highest BCUT2D eigenvalue weighted by atomic mass is 35.5. The fourth-order valence-electron chi connectivity index (χ4n) is 3.47. The summed E-state index contributed by atoms with van der Waals surface area (Å²) in [5, 5.41) is 14.2. The number of hydrogen-bond acceptors (Lipinski definition) is 5. The van der Waals surface area contributed by atoms with Crippen LogP contribution in [-0.2, 0) is 4.79 Å². The Morgan fingerprint density at radius 3 is 2.22 bits per heavy atom. The van der Waals surface area contributed by atoms with E-state index < -0.39 is 16.2 Å². The van der Waals surface area contributed by atoms with Crippen LogP contribution in [0.2, 0.25) is 10.0 Å². The van der Waals surface area contributed by atoms with Crippen molar-refractivity contribution in [1.82, 2.24) is 4.90 Å². The van der Waals surface area contributed by atoms with Gasteiger partial charge in [0.2, 0.25) is 5.91 Å². The number of carbonyl (C=O) groups is 2. The second-order valence-electron chi connectivity index (χ2n) is 8.57. The molecule has 0 atom stereocenters. The SMILES string of the molecule is CC(C)(C)C(=O)N1CCN(c2ccc(NC(=O)c3cc([N+](=O)[O-])ccc3Cl)cc2Cl)CC1. The lowest BCUT2D eigenvalue weighted by molar-refractivity contribution is -0.384. The van der Waals surface area contributed by atoms with Gasteiger partial charge in [-0.3, -0.25) is 19.7 Å². The monoisotopic (exact) mass is 478 g/mol. The number of rotatable bonds is 4. The first-order valence-electron chi connectivity index (χ1n) is 10.1. The average molecular weight is 479 g/mol. The first-order chi connectivity index (χ1) is 15.0. The fraction of sp³-hybridized carbons (Fsp3) is 0.364. The van der Waals surface area contributed by atoms with Gasteiger partial charge in [-0.2, -0.15) is 0 Å². The van der Waals surface area contributed by atoms with E-state index in [0.717, 1.165) is 11.8 Å². The molecule has 1 aliphatic heterocycles. The van der Waals surface area contributed by atoms with Crippen LogP contribution in [0, 0.1) is 15.5 Å². The van der Waals surface area contributed by atoms with Gasteiger partial charge in [-0.05, 0) is 24.3 Å². The van der Waals surface area contributed by atoms with Crippen molar-refractivity contribution in [2.75, 3.05) is 36.4 Å². The highest BCUT2D eigenvalue weighted by molar-refractivity contribution is 6.35. The summed E-state index contributed by atoms with van der Waals surface area (Å²) in [6.45, 7) is 8.24. The predicted molar refractivity (Wildman–Crippen MR) is 126 cm³/mol. The van der Waals surface area contributed by atoms with E-state index in [-0.39, 0.29) is 22.2 Å². The molecule has 2 aromatic carbocycles. The molecule has 0 radical (unpaired) electrons. The molecule has 2 aromatic rings. The molecule has 1 fully saturated rings. The molecule has 3 rings (SSSR count). The van der Waals surface area contributed by atoms with Crippen LogP contribution in [-0.4, -0.2) is 47.8 Å². The molecule has 0 spiro atoms. The zero-order chi connectivity index (χ0) is 23.6. The largest absolute Gasteiger partial charge is 0.367 e. The number of carbonyl (C=O) groups excluding carboxylic acids is 2. The van der Waals surface area contributed by atoms with E-state index in [4.69, 9.17) is 23.2 Å². The molecule has 8 nitrogen and oxygen atoms in total. The summed E-state index contributed by atoms with van der Waals surface area (Å²) in [5.74, 6) is -0.446. The van der Waals surface area contributed by atoms with Crippen LogP contribution >= 0.6 is 23.2 Å². The molecule has 32 heavy (non-hydrogen) atoms. The van der Waals surface area contributed by atoms with Gasteiger partial charge < -0.3 is 15.1 Å². The summed E-state index contributed by atoms with van der Waals surface area (Å²) in [4.78, 5) is 39.4. The molecule has 1 saturated heterocycles. The number of halogens is 2. The van der Waals surface area contributed by atoms with Gasteiger partial charge >= 0.3 is 0 Å². The number of anilines is 2. The number of nitro benzene ring substituents is 1. The van der Waals surface area contributed by atoms with Gasteiger partial charge in [-0.15, -0.1) is 0 Å². The zero-order valence-electron chi connectivity index (χ0n) is 18.0. The number of hydrogen-bond donors (Lipinski definition) is 1. The van der Waals surface area contributed by atoms with E-state index in [0.29, 0.717) is 36.9 Å². The first-order valence-corrected chi connectivity index (χ1v) is 10.8. The number of nitrogens with one attached hydrogen (secondary N) is 1. The van der Waals surface area contributed by atoms with Gasteiger partial charge in [0.05, 0.1) is 26.2 Å². The first kappa shape index (κ1) is 23.8. The van der Waals surface area contributed by atoms with Crippen LogP contribution in [0.25, 0.3) is 0 Å². The van der Waals surface area contributed by atoms with Gasteiger partial charge in [0.15, 0.2) is 0 Å². The van der Waals surface area contributed by atoms with Crippen LogP contribution in [0.15, 0.2) is 36.4 Å². The van der Waals surface area contributed by atoms with E-state index in [1.54, 1.807) is 18.2 Å². The molecule has 0 bridgehead atoms. The maximum absolute atomic E-state index is 12.6. The summed E-state index contributed by atoms with van der Waals surface area (Å²) in [5.41, 5.74) is 0.605. The Balaban J connectivity index is 1.69. The molecule has 170 valence electrons. The van der Waals surface area contributed by atoms with Crippen LogP contribution in [0.3, 0.4) is 0 Å². The second-order valence-corrected chi connectivity index (χ2v) is 9.39. The van der Waals surface area contributed by atoms with Crippen molar-refractivity contribution in [3.63, 3.8) is 0 Å². The second kappa shape index (κ2) is 9.34. The molecule has 0 aromatic heterocycles. The smallest absolute Gasteiger partial charge is 0.270 e. The van der Waals surface area contributed by atoms with Crippen molar-refractivity contribution < 1.29 is 14.5 Å². The van der Waals surface area contributed by atoms with Crippen LogP contribution in [0.1, 0.15) is 31.1 Å². The van der Waals surface area contributed by atoms with Gasteiger partial charge in [-0.1, -0.05) is 44.0 Å². The minimum Gasteiger partial charge on any atom is -0.367 e. The van der Waals surface area contributed by atoms with E-state index in [9.17, 15) is 19.7 Å². The predicted octanol–water partition coefficient (Wildman–Crippen LogP) is 4.85. The maximum atomic E-state index is 12.6. The highest BCUT2D eigenvalue weighted by Gasteiger charge is 2.30. The van der Waals surface area contributed by atoms with Crippen molar-refractivity contribution in [3.8, 4) is 0 Å². The standard InChI is InChI=1S/C22H24Cl2N4O4/c1-22(2,3)21(30)27-10-8-26(9-11-27)19-7-4-14(12-18(19)24)25-20(29)16-13-15(28(31)32)5-6-17(16)23/h4-7,12-13H,8-11H2,1-3H3,(H,25,29). The topological polar surface area (TPSA) is 95.8 Å². The molecule has 0 aliphatic carbocycles. The van der Waals surface area contributed by atoms with Crippen LogP contribution < -0.4 is 10.2 Å². The van der Waals surface area contributed by atoms with Crippen LogP contribution in [0.4, 0.5) is 17.1 Å². The third-order valence-electron chi connectivity index (χ3n) is 5.16. The minimum absolute atomic E-state index is 0.000651. The lowest BCUT2D eigenvalue weighted by atomic mass is 9.94. The quantitative estimate of drug-likeness (QED) is 0.500. The normalized spacial score (nSPS) is 14.3. The molecule has 2 amide bonds.